The van der Waals surface area contributed by atoms with Gasteiger partial charge < -0.3 is 9.47 Å². The molecular formula is C18H26O2. The van der Waals surface area contributed by atoms with Crippen molar-refractivity contribution in [3.63, 3.8) is 0 Å². The zero-order chi connectivity index (χ0) is 14.0. The van der Waals surface area contributed by atoms with Crippen LogP contribution in [0.5, 0.6) is 0 Å². The molecule has 3 rings (SSSR count). The van der Waals surface area contributed by atoms with Gasteiger partial charge in [-0.05, 0) is 38.2 Å². The number of hydrogen-bond acceptors (Lipinski definition) is 2. The maximum absolute atomic E-state index is 6.45. The number of benzene rings is 1. The standard InChI is InChI=1S/C18H26O2/c1-14-13-18(20-15(2)19-14,16-9-5-3-6-10-16)17-11-7-4-8-12-17/h3,5-6,9-10,14-15,17H,4,7-8,11-13H2,1-2H3/t14-,15-,18+/m0/s1. The van der Waals surface area contributed by atoms with E-state index in [2.05, 4.69) is 37.3 Å². The summed E-state index contributed by atoms with van der Waals surface area (Å²) >= 11 is 0. The summed E-state index contributed by atoms with van der Waals surface area (Å²) in [6.07, 6.45) is 7.76. The van der Waals surface area contributed by atoms with Crippen LogP contribution in [0.15, 0.2) is 30.3 Å². The summed E-state index contributed by atoms with van der Waals surface area (Å²) in [5.41, 5.74) is 1.20. The lowest BCUT2D eigenvalue weighted by molar-refractivity contribution is -0.295. The molecule has 110 valence electrons. The molecule has 0 spiro atoms. The predicted molar refractivity (Wildman–Crippen MR) is 80.4 cm³/mol. The molecule has 0 radical (unpaired) electrons. The Labute approximate surface area is 122 Å². The Morgan fingerprint density at radius 1 is 1.00 bits per heavy atom. The Kier molecular flexibility index (Phi) is 4.13. The van der Waals surface area contributed by atoms with Gasteiger partial charge in [-0.15, -0.1) is 0 Å². The lowest BCUT2D eigenvalue weighted by atomic mass is 9.70. The van der Waals surface area contributed by atoms with Crippen LogP contribution in [-0.2, 0) is 15.1 Å². The van der Waals surface area contributed by atoms with Crippen molar-refractivity contribution in [3.8, 4) is 0 Å². The molecule has 0 N–H and O–H groups in total. The van der Waals surface area contributed by atoms with Gasteiger partial charge >= 0.3 is 0 Å². The first kappa shape index (κ1) is 14.1. The van der Waals surface area contributed by atoms with Crippen LogP contribution in [0.1, 0.15) is 57.9 Å². The summed E-state index contributed by atoms with van der Waals surface area (Å²) in [5.74, 6) is 0.632. The van der Waals surface area contributed by atoms with Gasteiger partial charge in [-0.1, -0.05) is 49.6 Å². The molecular weight excluding hydrogens is 248 g/mol. The second-order valence-electron chi connectivity index (χ2n) is 6.43. The van der Waals surface area contributed by atoms with Gasteiger partial charge in [0.05, 0.1) is 6.10 Å². The van der Waals surface area contributed by atoms with E-state index in [4.69, 9.17) is 9.47 Å². The van der Waals surface area contributed by atoms with Gasteiger partial charge in [-0.2, -0.15) is 0 Å². The van der Waals surface area contributed by atoms with Crippen LogP contribution < -0.4 is 0 Å². The summed E-state index contributed by atoms with van der Waals surface area (Å²) in [6, 6.07) is 10.8. The summed E-state index contributed by atoms with van der Waals surface area (Å²) < 4.78 is 12.3. The molecule has 1 saturated heterocycles. The molecule has 2 aliphatic rings. The fraction of sp³-hybridized carbons (Fsp3) is 0.667. The lowest BCUT2D eigenvalue weighted by Gasteiger charge is -2.49. The Balaban J connectivity index is 1.97. The molecule has 2 nitrogen and oxygen atoms in total. The smallest absolute Gasteiger partial charge is 0.156 e. The Morgan fingerprint density at radius 2 is 1.70 bits per heavy atom. The summed E-state index contributed by atoms with van der Waals surface area (Å²) in [7, 11) is 0. The van der Waals surface area contributed by atoms with Gasteiger partial charge in [0.15, 0.2) is 6.29 Å². The highest BCUT2D eigenvalue weighted by Crippen LogP contribution is 2.48. The first-order chi connectivity index (χ1) is 9.71. The summed E-state index contributed by atoms with van der Waals surface area (Å²) in [6.45, 7) is 4.22. The lowest BCUT2D eigenvalue weighted by Crippen LogP contribution is -2.49. The third-order valence-electron chi connectivity index (χ3n) is 4.92. The second-order valence-corrected chi connectivity index (χ2v) is 6.43. The van der Waals surface area contributed by atoms with Gasteiger partial charge in [-0.25, -0.2) is 0 Å². The number of hydrogen-bond donors (Lipinski definition) is 0. The van der Waals surface area contributed by atoms with E-state index in [-0.39, 0.29) is 18.0 Å². The molecule has 1 saturated carbocycles. The number of ether oxygens (including phenoxy) is 2. The minimum Gasteiger partial charge on any atom is -0.350 e. The summed E-state index contributed by atoms with van der Waals surface area (Å²) in [5, 5.41) is 0. The van der Waals surface area contributed by atoms with E-state index < -0.39 is 0 Å². The van der Waals surface area contributed by atoms with Crippen LogP contribution in [0.2, 0.25) is 0 Å². The first-order valence-electron chi connectivity index (χ1n) is 8.09. The molecule has 1 aliphatic heterocycles. The average Bonchev–Trinajstić information content (AvgIpc) is 2.48. The molecule has 1 aliphatic carbocycles. The zero-order valence-electron chi connectivity index (χ0n) is 12.7. The van der Waals surface area contributed by atoms with E-state index >= 15 is 0 Å². The van der Waals surface area contributed by atoms with Crippen molar-refractivity contribution in [2.24, 2.45) is 5.92 Å². The van der Waals surface area contributed by atoms with Crippen LogP contribution in [0.3, 0.4) is 0 Å². The fourth-order valence-corrected chi connectivity index (χ4v) is 4.15. The molecule has 0 amide bonds. The zero-order valence-corrected chi connectivity index (χ0v) is 12.7. The van der Waals surface area contributed by atoms with E-state index in [1.54, 1.807) is 0 Å². The molecule has 2 fully saturated rings. The van der Waals surface area contributed by atoms with E-state index in [1.807, 2.05) is 6.92 Å². The second kappa shape index (κ2) is 5.87. The molecule has 0 unspecified atom stereocenters. The van der Waals surface area contributed by atoms with Crippen LogP contribution in [0.25, 0.3) is 0 Å². The van der Waals surface area contributed by atoms with Crippen molar-refractivity contribution in [3.05, 3.63) is 35.9 Å². The van der Waals surface area contributed by atoms with Gasteiger partial charge in [0.2, 0.25) is 0 Å². The van der Waals surface area contributed by atoms with E-state index in [0.717, 1.165) is 6.42 Å². The maximum atomic E-state index is 6.45. The highest BCUT2D eigenvalue weighted by Gasteiger charge is 2.47. The fourth-order valence-electron chi connectivity index (χ4n) is 4.15. The third kappa shape index (κ3) is 2.64. The monoisotopic (exact) mass is 274 g/mol. The highest BCUT2D eigenvalue weighted by atomic mass is 16.7. The van der Waals surface area contributed by atoms with Crippen LogP contribution in [0, 0.1) is 5.92 Å². The quantitative estimate of drug-likeness (QED) is 0.782. The molecule has 3 atom stereocenters. The Morgan fingerprint density at radius 3 is 2.35 bits per heavy atom. The molecule has 1 aromatic rings. The average molecular weight is 274 g/mol. The molecule has 0 bridgehead atoms. The third-order valence-corrected chi connectivity index (χ3v) is 4.92. The van der Waals surface area contributed by atoms with Crippen LogP contribution >= 0.6 is 0 Å². The molecule has 2 heteroatoms. The summed E-state index contributed by atoms with van der Waals surface area (Å²) in [4.78, 5) is 0. The Hall–Kier alpha value is -0.860. The van der Waals surface area contributed by atoms with Gasteiger partial charge in [0.1, 0.15) is 5.60 Å². The highest BCUT2D eigenvalue weighted by molar-refractivity contribution is 5.25. The molecule has 0 aromatic heterocycles. The van der Waals surface area contributed by atoms with Crippen molar-refractivity contribution in [2.45, 2.75) is 70.4 Å². The predicted octanol–water partition coefficient (Wildman–Crippen LogP) is 4.63. The van der Waals surface area contributed by atoms with Crippen molar-refractivity contribution in [1.29, 1.82) is 0 Å². The van der Waals surface area contributed by atoms with Crippen molar-refractivity contribution in [1.82, 2.24) is 0 Å². The maximum Gasteiger partial charge on any atom is 0.156 e. The molecule has 1 heterocycles. The Bertz CT molecular complexity index is 412. The van der Waals surface area contributed by atoms with Gasteiger partial charge in [-0.3, -0.25) is 0 Å². The van der Waals surface area contributed by atoms with E-state index in [0.29, 0.717) is 5.92 Å². The van der Waals surface area contributed by atoms with Crippen LogP contribution in [0.4, 0.5) is 0 Å². The number of rotatable bonds is 2. The molecule has 1 aromatic carbocycles. The minimum absolute atomic E-state index is 0.110. The SMILES string of the molecule is C[C@H]1O[C@@H](C)C[C@@](c2ccccc2)(C2CCCCC2)O1. The van der Waals surface area contributed by atoms with E-state index in [1.165, 1.54) is 37.7 Å². The van der Waals surface area contributed by atoms with Gasteiger partial charge in [0.25, 0.3) is 0 Å². The van der Waals surface area contributed by atoms with Crippen molar-refractivity contribution >= 4 is 0 Å². The van der Waals surface area contributed by atoms with Gasteiger partial charge in [0, 0.05) is 6.42 Å². The molecule has 20 heavy (non-hydrogen) atoms. The van der Waals surface area contributed by atoms with E-state index in [9.17, 15) is 0 Å². The van der Waals surface area contributed by atoms with Crippen LogP contribution in [-0.4, -0.2) is 12.4 Å². The van der Waals surface area contributed by atoms with Crippen molar-refractivity contribution < 1.29 is 9.47 Å². The normalized spacial score (nSPS) is 35.9. The topological polar surface area (TPSA) is 18.5 Å². The minimum atomic E-state index is -0.140. The largest absolute Gasteiger partial charge is 0.350 e. The first-order valence-corrected chi connectivity index (χ1v) is 8.09. The van der Waals surface area contributed by atoms with Crippen molar-refractivity contribution in [2.75, 3.05) is 0 Å².